The SMILES string of the molecule is Cc1[nH]c(=O)c(Br)c(OCc2ccc(F)cc2C(=O)O)c1-c1c(F)cccc1F. The van der Waals surface area contributed by atoms with Crippen LogP contribution < -0.4 is 10.3 Å². The molecule has 0 atom stereocenters. The minimum Gasteiger partial charge on any atom is -0.487 e. The Labute approximate surface area is 170 Å². The topological polar surface area (TPSA) is 79.4 Å². The van der Waals surface area contributed by atoms with E-state index in [1.54, 1.807) is 0 Å². The number of rotatable bonds is 5. The minimum atomic E-state index is -1.37. The van der Waals surface area contributed by atoms with Crippen LogP contribution in [-0.2, 0) is 6.61 Å². The third-order valence-electron chi connectivity index (χ3n) is 4.19. The zero-order chi connectivity index (χ0) is 21.3. The number of ether oxygens (including phenoxy) is 1. The van der Waals surface area contributed by atoms with Crippen molar-refractivity contribution in [1.82, 2.24) is 4.98 Å². The van der Waals surface area contributed by atoms with Crippen LogP contribution in [0.25, 0.3) is 11.1 Å². The van der Waals surface area contributed by atoms with Gasteiger partial charge >= 0.3 is 5.97 Å². The smallest absolute Gasteiger partial charge is 0.336 e. The number of benzene rings is 2. The number of aromatic amines is 1. The van der Waals surface area contributed by atoms with Crippen LogP contribution in [-0.4, -0.2) is 16.1 Å². The molecule has 0 spiro atoms. The molecule has 29 heavy (non-hydrogen) atoms. The van der Waals surface area contributed by atoms with E-state index in [0.717, 1.165) is 24.3 Å². The second kappa shape index (κ2) is 8.12. The minimum absolute atomic E-state index is 0.0361. The molecule has 0 saturated carbocycles. The molecule has 0 saturated heterocycles. The van der Waals surface area contributed by atoms with Gasteiger partial charge < -0.3 is 14.8 Å². The van der Waals surface area contributed by atoms with E-state index in [1.807, 2.05) is 0 Å². The largest absolute Gasteiger partial charge is 0.487 e. The Bertz CT molecular complexity index is 1160. The number of nitrogens with one attached hydrogen (secondary N) is 1. The number of carbonyl (C=O) groups is 1. The second-order valence-electron chi connectivity index (χ2n) is 6.09. The number of aromatic carboxylic acids is 1. The van der Waals surface area contributed by atoms with Gasteiger partial charge in [0, 0.05) is 11.3 Å². The van der Waals surface area contributed by atoms with Crippen molar-refractivity contribution in [2.45, 2.75) is 13.5 Å². The molecule has 0 amide bonds. The van der Waals surface area contributed by atoms with E-state index >= 15 is 0 Å². The number of halogens is 4. The Hall–Kier alpha value is -3.07. The molecule has 5 nitrogen and oxygen atoms in total. The number of carboxylic acids is 1. The van der Waals surface area contributed by atoms with Gasteiger partial charge in [-0.2, -0.15) is 0 Å². The number of aromatic nitrogens is 1. The summed E-state index contributed by atoms with van der Waals surface area (Å²) >= 11 is 3.05. The predicted molar refractivity (Wildman–Crippen MR) is 103 cm³/mol. The third-order valence-corrected chi connectivity index (χ3v) is 4.91. The average Bonchev–Trinajstić information content (AvgIpc) is 2.65. The molecular formula is C20H13BrF3NO4. The van der Waals surface area contributed by atoms with E-state index in [0.29, 0.717) is 0 Å². The molecule has 0 bridgehead atoms. The van der Waals surface area contributed by atoms with Crippen LogP contribution in [0.4, 0.5) is 13.2 Å². The molecule has 0 aliphatic rings. The second-order valence-corrected chi connectivity index (χ2v) is 6.88. The molecule has 2 aromatic carbocycles. The fourth-order valence-corrected chi connectivity index (χ4v) is 3.28. The van der Waals surface area contributed by atoms with Crippen molar-refractivity contribution in [3.63, 3.8) is 0 Å². The van der Waals surface area contributed by atoms with Crippen molar-refractivity contribution in [3.8, 4) is 16.9 Å². The van der Waals surface area contributed by atoms with E-state index in [1.165, 1.54) is 19.1 Å². The first-order chi connectivity index (χ1) is 13.7. The Morgan fingerprint density at radius 3 is 2.41 bits per heavy atom. The van der Waals surface area contributed by atoms with Crippen LogP contribution in [0.5, 0.6) is 5.75 Å². The highest BCUT2D eigenvalue weighted by Gasteiger charge is 2.23. The zero-order valence-corrected chi connectivity index (χ0v) is 16.4. The number of hydrogen-bond donors (Lipinski definition) is 2. The van der Waals surface area contributed by atoms with E-state index in [9.17, 15) is 27.9 Å². The third kappa shape index (κ3) is 4.04. The molecule has 0 aliphatic carbocycles. The van der Waals surface area contributed by atoms with Gasteiger partial charge in [-0.05, 0) is 47.1 Å². The maximum atomic E-state index is 14.4. The van der Waals surface area contributed by atoms with E-state index in [4.69, 9.17) is 4.74 Å². The summed E-state index contributed by atoms with van der Waals surface area (Å²) in [5, 5.41) is 9.25. The lowest BCUT2D eigenvalue weighted by Crippen LogP contribution is -2.14. The molecule has 150 valence electrons. The summed E-state index contributed by atoms with van der Waals surface area (Å²) < 4.78 is 47.6. The van der Waals surface area contributed by atoms with Crippen LogP contribution in [0.2, 0.25) is 0 Å². The Kier molecular flexibility index (Phi) is 5.78. The van der Waals surface area contributed by atoms with Crippen LogP contribution >= 0.6 is 15.9 Å². The summed E-state index contributed by atoms with van der Waals surface area (Å²) in [6.07, 6.45) is 0. The first kappa shape index (κ1) is 20.7. The summed E-state index contributed by atoms with van der Waals surface area (Å²) in [5.41, 5.74) is -1.11. The molecule has 9 heteroatoms. The summed E-state index contributed by atoms with van der Waals surface area (Å²) in [6.45, 7) is 1.06. The Balaban J connectivity index is 2.14. The molecule has 1 heterocycles. The molecule has 1 aromatic heterocycles. The first-order valence-corrected chi connectivity index (χ1v) is 9.01. The zero-order valence-electron chi connectivity index (χ0n) is 14.9. The molecule has 2 N–H and O–H groups in total. The van der Waals surface area contributed by atoms with Crippen molar-refractivity contribution in [1.29, 1.82) is 0 Å². The van der Waals surface area contributed by atoms with Gasteiger partial charge in [0.1, 0.15) is 34.3 Å². The molecular weight excluding hydrogens is 455 g/mol. The van der Waals surface area contributed by atoms with Gasteiger partial charge in [-0.25, -0.2) is 18.0 Å². The van der Waals surface area contributed by atoms with E-state index in [-0.39, 0.29) is 39.2 Å². The first-order valence-electron chi connectivity index (χ1n) is 8.22. The number of carboxylic acid groups (broad SMARTS) is 1. The van der Waals surface area contributed by atoms with Crippen LogP contribution in [0.3, 0.4) is 0 Å². The normalized spacial score (nSPS) is 10.8. The van der Waals surface area contributed by atoms with Crippen molar-refractivity contribution < 1.29 is 27.8 Å². The van der Waals surface area contributed by atoms with Gasteiger partial charge in [-0.1, -0.05) is 12.1 Å². The summed E-state index contributed by atoms with van der Waals surface area (Å²) in [4.78, 5) is 26.0. The monoisotopic (exact) mass is 467 g/mol. The van der Waals surface area contributed by atoms with Crippen molar-refractivity contribution in [2.75, 3.05) is 0 Å². The van der Waals surface area contributed by atoms with E-state index < -0.39 is 34.5 Å². The lowest BCUT2D eigenvalue weighted by molar-refractivity contribution is 0.0693. The highest BCUT2D eigenvalue weighted by molar-refractivity contribution is 9.10. The quantitative estimate of drug-likeness (QED) is 0.564. The molecule has 3 rings (SSSR count). The number of hydrogen-bond acceptors (Lipinski definition) is 3. The van der Waals surface area contributed by atoms with Gasteiger partial charge in [0.05, 0.1) is 16.7 Å². The highest BCUT2D eigenvalue weighted by Crippen LogP contribution is 2.39. The van der Waals surface area contributed by atoms with Crippen molar-refractivity contribution in [2.24, 2.45) is 0 Å². The van der Waals surface area contributed by atoms with Gasteiger partial charge in [-0.3, -0.25) is 4.79 Å². The fourth-order valence-electron chi connectivity index (χ4n) is 2.87. The van der Waals surface area contributed by atoms with Crippen LogP contribution in [0.15, 0.2) is 45.7 Å². The maximum Gasteiger partial charge on any atom is 0.336 e. The maximum absolute atomic E-state index is 14.4. The molecule has 0 fully saturated rings. The number of pyridine rings is 1. The lowest BCUT2D eigenvalue weighted by Gasteiger charge is -2.17. The molecule has 0 unspecified atom stereocenters. The number of H-pyrrole nitrogens is 1. The predicted octanol–water partition coefficient (Wildman–Crippen LogP) is 4.81. The summed E-state index contributed by atoms with van der Waals surface area (Å²) in [6, 6.07) is 6.42. The fraction of sp³-hybridized carbons (Fsp3) is 0.100. The summed E-state index contributed by atoms with van der Waals surface area (Å²) in [5.74, 6) is -4.02. The van der Waals surface area contributed by atoms with Crippen LogP contribution in [0.1, 0.15) is 21.6 Å². The van der Waals surface area contributed by atoms with Gasteiger partial charge in [-0.15, -0.1) is 0 Å². The van der Waals surface area contributed by atoms with Crippen molar-refractivity contribution in [3.05, 3.63) is 85.5 Å². The standard InChI is InChI=1S/C20H13BrF3NO4/c1-9-15(16-13(23)3-2-4-14(16)24)18(17(21)19(26)25-9)29-8-10-5-6-11(22)7-12(10)20(27)28/h2-7H,8H2,1H3,(H,25,26)(H,27,28). The van der Waals surface area contributed by atoms with Gasteiger partial charge in [0.2, 0.25) is 0 Å². The molecule has 0 aliphatic heterocycles. The van der Waals surface area contributed by atoms with Crippen LogP contribution in [0, 0.1) is 24.4 Å². The summed E-state index contributed by atoms with van der Waals surface area (Å²) in [7, 11) is 0. The molecule has 3 aromatic rings. The Morgan fingerprint density at radius 2 is 1.79 bits per heavy atom. The van der Waals surface area contributed by atoms with Gasteiger partial charge in [0.15, 0.2) is 0 Å². The average molecular weight is 468 g/mol. The lowest BCUT2D eigenvalue weighted by atomic mass is 10.0. The van der Waals surface area contributed by atoms with E-state index in [2.05, 4.69) is 20.9 Å². The Morgan fingerprint density at radius 1 is 1.14 bits per heavy atom. The number of aryl methyl sites for hydroxylation is 1. The van der Waals surface area contributed by atoms with Gasteiger partial charge in [0.25, 0.3) is 5.56 Å². The van der Waals surface area contributed by atoms with Crippen molar-refractivity contribution >= 4 is 21.9 Å². The molecule has 0 radical (unpaired) electrons. The highest BCUT2D eigenvalue weighted by atomic mass is 79.9.